The molecule has 2 unspecified atom stereocenters. The van der Waals surface area contributed by atoms with Crippen LogP contribution in [0.2, 0.25) is 0 Å². The average molecular weight is 295 g/mol. The highest BCUT2D eigenvalue weighted by molar-refractivity contribution is 5.94. The van der Waals surface area contributed by atoms with Crippen molar-refractivity contribution in [1.82, 2.24) is 15.1 Å². The molecule has 2 atom stereocenters. The quantitative estimate of drug-likeness (QED) is 0.826. The number of piperazine rings is 1. The van der Waals surface area contributed by atoms with E-state index >= 15 is 0 Å². The Morgan fingerprint density at radius 1 is 1.24 bits per heavy atom. The van der Waals surface area contributed by atoms with Crippen molar-refractivity contribution in [1.29, 1.82) is 0 Å². The van der Waals surface area contributed by atoms with Crippen molar-refractivity contribution in [3.8, 4) is 0 Å². The number of carbonyl (C=O) groups is 2. The van der Waals surface area contributed by atoms with Gasteiger partial charge in [0.1, 0.15) is 6.04 Å². The maximum atomic E-state index is 12.5. The van der Waals surface area contributed by atoms with Gasteiger partial charge in [0.25, 0.3) is 0 Å². The van der Waals surface area contributed by atoms with Crippen molar-refractivity contribution in [2.24, 2.45) is 11.8 Å². The Labute approximate surface area is 128 Å². The predicted molar refractivity (Wildman–Crippen MR) is 82.8 cm³/mol. The molecule has 0 aromatic heterocycles. The molecule has 0 aromatic carbocycles. The normalized spacial score (nSPS) is 27.8. The summed E-state index contributed by atoms with van der Waals surface area (Å²) in [4.78, 5) is 28.6. The smallest absolute Gasteiger partial charge is 0.245 e. The highest BCUT2D eigenvalue weighted by atomic mass is 16.2. The van der Waals surface area contributed by atoms with Crippen molar-refractivity contribution >= 4 is 11.8 Å². The standard InChI is InChI=1S/C16H29N3O2/c1-11(2)7-14-16(21)19(10-15(20)17-14)9-13-5-6-18(8-13)12(3)4/h11-14H,5-10H2,1-4H3,(H,17,20). The fourth-order valence-corrected chi connectivity index (χ4v) is 3.35. The molecular formula is C16H29N3O2. The van der Waals surface area contributed by atoms with Crippen LogP contribution < -0.4 is 5.32 Å². The summed E-state index contributed by atoms with van der Waals surface area (Å²) < 4.78 is 0. The van der Waals surface area contributed by atoms with E-state index in [4.69, 9.17) is 0 Å². The first-order chi connectivity index (χ1) is 9.86. The highest BCUT2D eigenvalue weighted by Crippen LogP contribution is 2.21. The summed E-state index contributed by atoms with van der Waals surface area (Å²) in [5.74, 6) is 0.995. The van der Waals surface area contributed by atoms with Crippen LogP contribution >= 0.6 is 0 Å². The van der Waals surface area contributed by atoms with E-state index in [2.05, 4.69) is 37.9 Å². The second-order valence-corrected chi connectivity index (χ2v) is 7.21. The summed E-state index contributed by atoms with van der Waals surface area (Å²) in [5.41, 5.74) is 0. The second kappa shape index (κ2) is 6.77. The van der Waals surface area contributed by atoms with Gasteiger partial charge in [-0.3, -0.25) is 9.59 Å². The van der Waals surface area contributed by atoms with Gasteiger partial charge in [-0.2, -0.15) is 0 Å². The predicted octanol–water partition coefficient (Wildman–Crippen LogP) is 1.09. The number of hydrogen-bond donors (Lipinski definition) is 1. The summed E-state index contributed by atoms with van der Waals surface area (Å²) in [6, 6.07) is 0.234. The van der Waals surface area contributed by atoms with E-state index in [9.17, 15) is 9.59 Å². The van der Waals surface area contributed by atoms with Crippen LogP contribution in [-0.2, 0) is 9.59 Å². The molecule has 120 valence electrons. The van der Waals surface area contributed by atoms with E-state index in [1.54, 1.807) is 4.90 Å². The fourth-order valence-electron chi connectivity index (χ4n) is 3.35. The van der Waals surface area contributed by atoms with Crippen molar-refractivity contribution < 1.29 is 9.59 Å². The van der Waals surface area contributed by atoms with E-state index in [1.165, 1.54) is 0 Å². The van der Waals surface area contributed by atoms with Crippen LogP contribution in [0.5, 0.6) is 0 Å². The lowest BCUT2D eigenvalue weighted by Gasteiger charge is -2.34. The SMILES string of the molecule is CC(C)CC1NC(=O)CN(CC2CCN(C(C)C)C2)C1=O. The maximum absolute atomic E-state index is 12.5. The lowest BCUT2D eigenvalue weighted by atomic mass is 9.99. The monoisotopic (exact) mass is 295 g/mol. The molecule has 0 radical (unpaired) electrons. The molecule has 2 fully saturated rings. The van der Waals surface area contributed by atoms with E-state index in [1.807, 2.05) is 0 Å². The van der Waals surface area contributed by atoms with Gasteiger partial charge in [-0.05, 0) is 45.1 Å². The van der Waals surface area contributed by atoms with E-state index in [0.717, 1.165) is 32.5 Å². The number of amides is 2. The van der Waals surface area contributed by atoms with Crippen LogP contribution in [-0.4, -0.2) is 59.9 Å². The molecule has 0 aliphatic carbocycles. The van der Waals surface area contributed by atoms with Gasteiger partial charge in [0, 0.05) is 19.1 Å². The molecule has 0 bridgehead atoms. The molecule has 5 heteroatoms. The van der Waals surface area contributed by atoms with Gasteiger partial charge in [0.15, 0.2) is 0 Å². The molecule has 1 N–H and O–H groups in total. The molecule has 0 aromatic rings. The summed E-state index contributed by atoms with van der Waals surface area (Å²) in [6.45, 7) is 11.7. The van der Waals surface area contributed by atoms with Gasteiger partial charge in [-0.15, -0.1) is 0 Å². The molecule has 2 amide bonds. The van der Waals surface area contributed by atoms with Crippen LogP contribution in [0.25, 0.3) is 0 Å². The lowest BCUT2D eigenvalue weighted by molar-refractivity contribution is -0.145. The molecule has 2 saturated heterocycles. The van der Waals surface area contributed by atoms with Crippen LogP contribution in [0, 0.1) is 11.8 Å². The topological polar surface area (TPSA) is 52.7 Å². The molecule has 0 saturated carbocycles. The third-order valence-corrected chi connectivity index (χ3v) is 4.51. The van der Waals surface area contributed by atoms with Gasteiger partial charge in [-0.1, -0.05) is 13.8 Å². The van der Waals surface area contributed by atoms with E-state index in [0.29, 0.717) is 17.9 Å². The van der Waals surface area contributed by atoms with Gasteiger partial charge in [-0.25, -0.2) is 0 Å². The number of nitrogens with zero attached hydrogens (tertiary/aromatic N) is 2. The molecule has 2 aliphatic heterocycles. The Morgan fingerprint density at radius 2 is 1.95 bits per heavy atom. The zero-order valence-electron chi connectivity index (χ0n) is 13.8. The Bertz CT molecular complexity index is 395. The molecule has 2 aliphatic rings. The molecule has 2 heterocycles. The minimum absolute atomic E-state index is 0.0148. The van der Waals surface area contributed by atoms with Crippen LogP contribution in [0.1, 0.15) is 40.5 Å². The largest absolute Gasteiger partial charge is 0.343 e. The molecule has 0 spiro atoms. The van der Waals surface area contributed by atoms with Crippen molar-refractivity contribution in [3.05, 3.63) is 0 Å². The van der Waals surface area contributed by atoms with E-state index in [-0.39, 0.29) is 24.4 Å². The number of carbonyl (C=O) groups excluding carboxylic acids is 2. The molecule has 5 nitrogen and oxygen atoms in total. The summed E-state index contributed by atoms with van der Waals surface area (Å²) >= 11 is 0. The highest BCUT2D eigenvalue weighted by Gasteiger charge is 2.35. The average Bonchev–Trinajstić information content (AvgIpc) is 2.83. The van der Waals surface area contributed by atoms with Crippen LogP contribution in [0.4, 0.5) is 0 Å². The van der Waals surface area contributed by atoms with Gasteiger partial charge in [0.2, 0.25) is 11.8 Å². The molecule has 21 heavy (non-hydrogen) atoms. The first-order valence-corrected chi connectivity index (χ1v) is 8.19. The van der Waals surface area contributed by atoms with Crippen molar-refractivity contribution in [2.45, 2.75) is 52.6 Å². The van der Waals surface area contributed by atoms with Crippen molar-refractivity contribution in [3.63, 3.8) is 0 Å². The number of likely N-dealkylation sites (tertiary alicyclic amines) is 1. The van der Waals surface area contributed by atoms with Gasteiger partial charge in [0.05, 0.1) is 6.54 Å². The Kier molecular flexibility index (Phi) is 5.25. The first-order valence-electron chi connectivity index (χ1n) is 8.19. The number of rotatable bonds is 5. The van der Waals surface area contributed by atoms with Crippen LogP contribution in [0.15, 0.2) is 0 Å². The third kappa shape index (κ3) is 4.19. The van der Waals surface area contributed by atoms with Crippen molar-refractivity contribution in [2.75, 3.05) is 26.2 Å². The number of nitrogens with one attached hydrogen (secondary N) is 1. The first kappa shape index (κ1) is 16.3. The molecular weight excluding hydrogens is 266 g/mol. The fraction of sp³-hybridized carbons (Fsp3) is 0.875. The summed E-state index contributed by atoms with van der Waals surface area (Å²) in [7, 11) is 0. The maximum Gasteiger partial charge on any atom is 0.245 e. The van der Waals surface area contributed by atoms with Gasteiger partial charge >= 0.3 is 0 Å². The van der Waals surface area contributed by atoms with Crippen LogP contribution in [0.3, 0.4) is 0 Å². The third-order valence-electron chi connectivity index (χ3n) is 4.51. The Hall–Kier alpha value is -1.10. The minimum atomic E-state index is -0.325. The summed E-state index contributed by atoms with van der Waals surface area (Å²) in [6.07, 6.45) is 1.85. The summed E-state index contributed by atoms with van der Waals surface area (Å²) in [5, 5.41) is 2.84. The zero-order valence-corrected chi connectivity index (χ0v) is 13.8. The zero-order chi connectivity index (χ0) is 15.6. The lowest BCUT2D eigenvalue weighted by Crippen LogP contribution is -2.59. The van der Waals surface area contributed by atoms with E-state index < -0.39 is 0 Å². The second-order valence-electron chi connectivity index (χ2n) is 7.21. The Morgan fingerprint density at radius 3 is 2.52 bits per heavy atom. The Balaban J connectivity index is 1.92. The molecule has 2 rings (SSSR count). The van der Waals surface area contributed by atoms with Gasteiger partial charge < -0.3 is 15.1 Å². The minimum Gasteiger partial charge on any atom is -0.343 e. The number of hydrogen-bond acceptors (Lipinski definition) is 3.